The molecule has 1 saturated heterocycles. The van der Waals surface area contributed by atoms with Crippen molar-refractivity contribution in [2.45, 2.75) is 19.5 Å². The Kier molecular flexibility index (Phi) is 7.47. The van der Waals surface area contributed by atoms with E-state index < -0.39 is 0 Å². The van der Waals surface area contributed by atoms with Crippen LogP contribution in [-0.4, -0.2) is 83.8 Å². The standard InChI is InChI=1S/C20H33N7S/c1-5-21-20(22-14-19(24(2)3)17-13-23-25(4)15-17)27-10-8-26(9-11-27)16-18-7-6-12-28-18/h6-7,12-13,15,19H,5,8-11,14,16H2,1-4H3,(H,21,22). The highest BCUT2D eigenvalue weighted by Crippen LogP contribution is 2.18. The largest absolute Gasteiger partial charge is 0.357 e. The summed E-state index contributed by atoms with van der Waals surface area (Å²) in [7, 11) is 6.16. The average molecular weight is 404 g/mol. The van der Waals surface area contributed by atoms with Gasteiger partial charge in [0.05, 0.1) is 18.8 Å². The number of aryl methyl sites for hydroxylation is 1. The van der Waals surface area contributed by atoms with Crippen molar-refractivity contribution in [1.29, 1.82) is 0 Å². The molecule has 2 aromatic heterocycles. The maximum Gasteiger partial charge on any atom is 0.194 e. The van der Waals surface area contributed by atoms with Crippen molar-refractivity contribution < 1.29 is 0 Å². The minimum Gasteiger partial charge on any atom is -0.357 e. The molecule has 0 bridgehead atoms. The molecule has 1 aliphatic heterocycles. The lowest BCUT2D eigenvalue weighted by molar-refractivity contribution is 0.173. The third kappa shape index (κ3) is 5.56. The van der Waals surface area contributed by atoms with Crippen LogP contribution in [0, 0.1) is 0 Å². The van der Waals surface area contributed by atoms with E-state index in [9.17, 15) is 0 Å². The lowest BCUT2D eigenvalue weighted by Crippen LogP contribution is -2.52. The van der Waals surface area contributed by atoms with Crippen LogP contribution < -0.4 is 5.32 Å². The molecular formula is C20H33N7S. The molecule has 0 aliphatic carbocycles. The summed E-state index contributed by atoms with van der Waals surface area (Å²) < 4.78 is 1.85. The monoisotopic (exact) mass is 403 g/mol. The predicted octanol–water partition coefficient (Wildman–Crippen LogP) is 1.87. The Morgan fingerprint density at radius 2 is 2.11 bits per heavy atom. The first-order chi connectivity index (χ1) is 13.6. The van der Waals surface area contributed by atoms with Gasteiger partial charge in [-0.15, -0.1) is 11.3 Å². The Morgan fingerprint density at radius 1 is 1.32 bits per heavy atom. The van der Waals surface area contributed by atoms with Crippen molar-refractivity contribution in [3.8, 4) is 0 Å². The molecule has 154 valence electrons. The summed E-state index contributed by atoms with van der Waals surface area (Å²) in [6.07, 6.45) is 4.02. The van der Waals surface area contributed by atoms with Crippen molar-refractivity contribution in [2.75, 3.05) is 53.4 Å². The van der Waals surface area contributed by atoms with Crippen LogP contribution in [0.1, 0.15) is 23.4 Å². The summed E-state index contributed by atoms with van der Waals surface area (Å²) in [4.78, 5) is 13.6. The number of rotatable bonds is 7. The molecule has 8 heteroatoms. The van der Waals surface area contributed by atoms with Crippen LogP contribution in [0.2, 0.25) is 0 Å². The molecule has 0 radical (unpaired) electrons. The normalized spacial score (nSPS) is 17.3. The van der Waals surface area contributed by atoms with Gasteiger partial charge in [-0.1, -0.05) is 6.07 Å². The molecule has 1 unspecified atom stereocenters. The lowest BCUT2D eigenvalue weighted by Gasteiger charge is -2.36. The number of piperazine rings is 1. The van der Waals surface area contributed by atoms with E-state index >= 15 is 0 Å². The Morgan fingerprint density at radius 3 is 2.68 bits per heavy atom. The zero-order valence-electron chi connectivity index (χ0n) is 17.5. The van der Waals surface area contributed by atoms with E-state index in [1.807, 2.05) is 29.3 Å². The number of hydrogen-bond donors (Lipinski definition) is 1. The zero-order valence-corrected chi connectivity index (χ0v) is 18.3. The van der Waals surface area contributed by atoms with Crippen LogP contribution in [0.4, 0.5) is 0 Å². The molecule has 2 aromatic rings. The first kappa shape index (κ1) is 20.8. The number of nitrogens with one attached hydrogen (secondary N) is 1. The molecular weight excluding hydrogens is 370 g/mol. The van der Waals surface area contributed by atoms with E-state index in [1.165, 1.54) is 10.4 Å². The van der Waals surface area contributed by atoms with Gasteiger partial charge < -0.3 is 15.1 Å². The molecule has 0 spiro atoms. The van der Waals surface area contributed by atoms with Crippen LogP contribution in [0.15, 0.2) is 34.9 Å². The summed E-state index contributed by atoms with van der Waals surface area (Å²) >= 11 is 1.84. The van der Waals surface area contributed by atoms with Gasteiger partial charge in [0, 0.05) is 63.0 Å². The van der Waals surface area contributed by atoms with Gasteiger partial charge >= 0.3 is 0 Å². The molecule has 1 aliphatic rings. The number of thiophene rings is 1. The van der Waals surface area contributed by atoms with E-state index in [4.69, 9.17) is 4.99 Å². The SMILES string of the molecule is CCNC(=NCC(c1cnn(C)c1)N(C)C)N1CCN(Cc2cccs2)CC1. The Labute approximate surface area is 172 Å². The fourth-order valence-corrected chi connectivity index (χ4v) is 4.26. The topological polar surface area (TPSA) is 51.9 Å². The number of aromatic nitrogens is 2. The maximum absolute atomic E-state index is 4.98. The molecule has 1 N–H and O–H groups in total. The predicted molar refractivity (Wildman–Crippen MR) is 117 cm³/mol. The minimum absolute atomic E-state index is 0.225. The minimum atomic E-state index is 0.225. The third-order valence-electron chi connectivity index (χ3n) is 5.11. The van der Waals surface area contributed by atoms with Crippen molar-refractivity contribution in [3.05, 3.63) is 40.3 Å². The number of aliphatic imine (C=N–C) groups is 1. The van der Waals surface area contributed by atoms with E-state index in [1.54, 1.807) is 0 Å². The van der Waals surface area contributed by atoms with Crippen LogP contribution in [0.25, 0.3) is 0 Å². The van der Waals surface area contributed by atoms with E-state index in [2.05, 4.69) is 69.8 Å². The molecule has 3 heterocycles. The highest BCUT2D eigenvalue weighted by molar-refractivity contribution is 7.09. The van der Waals surface area contributed by atoms with E-state index in [-0.39, 0.29) is 6.04 Å². The van der Waals surface area contributed by atoms with E-state index in [0.717, 1.165) is 51.8 Å². The molecule has 28 heavy (non-hydrogen) atoms. The van der Waals surface area contributed by atoms with Crippen LogP contribution in [0.5, 0.6) is 0 Å². The number of hydrogen-bond acceptors (Lipinski definition) is 5. The maximum atomic E-state index is 4.98. The Bertz CT molecular complexity index is 730. The van der Waals surface area contributed by atoms with Crippen molar-refractivity contribution >= 4 is 17.3 Å². The second kappa shape index (κ2) is 10.0. The van der Waals surface area contributed by atoms with Gasteiger partial charge in [0.2, 0.25) is 0 Å². The number of likely N-dealkylation sites (N-methyl/N-ethyl adjacent to an activating group) is 1. The van der Waals surface area contributed by atoms with Crippen LogP contribution >= 0.6 is 11.3 Å². The molecule has 1 atom stereocenters. The molecule has 1 fully saturated rings. The van der Waals surface area contributed by atoms with Gasteiger partial charge in [-0.05, 0) is 32.5 Å². The fraction of sp³-hybridized carbons (Fsp3) is 0.600. The molecule has 3 rings (SSSR count). The van der Waals surface area contributed by atoms with Crippen LogP contribution in [0.3, 0.4) is 0 Å². The first-order valence-corrected chi connectivity index (χ1v) is 10.9. The van der Waals surface area contributed by atoms with Gasteiger partial charge in [0.1, 0.15) is 0 Å². The Hall–Kier alpha value is -1.90. The van der Waals surface area contributed by atoms with Gasteiger partial charge in [-0.25, -0.2) is 0 Å². The lowest BCUT2D eigenvalue weighted by atomic mass is 10.1. The van der Waals surface area contributed by atoms with Gasteiger partial charge in [-0.2, -0.15) is 5.10 Å². The summed E-state index contributed by atoms with van der Waals surface area (Å²) in [5, 5.41) is 9.96. The molecule has 7 nitrogen and oxygen atoms in total. The fourth-order valence-electron chi connectivity index (χ4n) is 3.52. The molecule has 0 aromatic carbocycles. The highest BCUT2D eigenvalue weighted by Gasteiger charge is 2.21. The number of nitrogens with zero attached hydrogens (tertiary/aromatic N) is 6. The zero-order chi connectivity index (χ0) is 19.9. The second-order valence-electron chi connectivity index (χ2n) is 7.46. The van der Waals surface area contributed by atoms with Gasteiger partial charge in [0.15, 0.2) is 5.96 Å². The molecule has 0 saturated carbocycles. The smallest absolute Gasteiger partial charge is 0.194 e. The Balaban J connectivity index is 1.60. The first-order valence-electron chi connectivity index (χ1n) is 9.99. The summed E-state index contributed by atoms with van der Waals surface area (Å²) in [6.45, 7) is 8.96. The summed E-state index contributed by atoms with van der Waals surface area (Å²) in [5.74, 6) is 1.02. The van der Waals surface area contributed by atoms with Crippen molar-refractivity contribution in [3.63, 3.8) is 0 Å². The third-order valence-corrected chi connectivity index (χ3v) is 5.97. The molecule has 0 amide bonds. The highest BCUT2D eigenvalue weighted by atomic mass is 32.1. The average Bonchev–Trinajstić information content (AvgIpc) is 3.33. The number of guanidine groups is 1. The van der Waals surface area contributed by atoms with Crippen molar-refractivity contribution in [1.82, 2.24) is 29.8 Å². The quantitative estimate of drug-likeness (QED) is 0.565. The second-order valence-corrected chi connectivity index (χ2v) is 8.50. The van der Waals surface area contributed by atoms with Gasteiger partial charge in [0.25, 0.3) is 0 Å². The van der Waals surface area contributed by atoms with Crippen LogP contribution in [-0.2, 0) is 13.6 Å². The van der Waals surface area contributed by atoms with Gasteiger partial charge in [-0.3, -0.25) is 14.6 Å². The summed E-state index contributed by atoms with van der Waals surface area (Å²) in [5.41, 5.74) is 1.20. The summed E-state index contributed by atoms with van der Waals surface area (Å²) in [6, 6.07) is 4.58. The van der Waals surface area contributed by atoms with Crippen molar-refractivity contribution in [2.24, 2.45) is 12.0 Å². The van der Waals surface area contributed by atoms with E-state index in [0.29, 0.717) is 0 Å².